The number of hydrogen-bond acceptors (Lipinski definition) is 4. The lowest BCUT2D eigenvalue weighted by molar-refractivity contribution is -0.127. The number of likely N-dealkylation sites (N-methyl/N-ethyl adjacent to an activating group) is 1. The summed E-state index contributed by atoms with van der Waals surface area (Å²) in [5.41, 5.74) is 0.511. The van der Waals surface area contributed by atoms with E-state index >= 15 is 0 Å². The molecule has 0 bridgehead atoms. The molecule has 6 nitrogen and oxygen atoms in total. The summed E-state index contributed by atoms with van der Waals surface area (Å²) in [5, 5.41) is 6.45. The number of carbonyl (C=O) groups is 2. The van der Waals surface area contributed by atoms with Crippen molar-refractivity contribution >= 4 is 29.1 Å². The van der Waals surface area contributed by atoms with Crippen LogP contribution in [-0.4, -0.2) is 49.5 Å². The van der Waals surface area contributed by atoms with Crippen LogP contribution in [0.5, 0.6) is 5.75 Å². The molecule has 27 heavy (non-hydrogen) atoms. The first-order valence-corrected chi connectivity index (χ1v) is 9.83. The highest BCUT2D eigenvalue weighted by molar-refractivity contribution is 6.31. The van der Waals surface area contributed by atoms with Gasteiger partial charge in [0.05, 0.1) is 25.4 Å². The van der Waals surface area contributed by atoms with Gasteiger partial charge in [-0.05, 0) is 50.9 Å². The molecule has 1 aliphatic carbocycles. The number of halogens is 1. The Hall–Kier alpha value is -1.79. The summed E-state index contributed by atoms with van der Waals surface area (Å²) in [6.45, 7) is 4.09. The lowest BCUT2D eigenvalue weighted by Crippen LogP contribution is -2.50. The lowest BCUT2D eigenvalue weighted by atomic mass is 9.86. The van der Waals surface area contributed by atoms with Gasteiger partial charge in [0.2, 0.25) is 11.8 Å². The van der Waals surface area contributed by atoms with Gasteiger partial charge >= 0.3 is 0 Å². The van der Waals surface area contributed by atoms with Crippen LogP contribution in [0.1, 0.15) is 39.5 Å². The van der Waals surface area contributed by atoms with E-state index in [9.17, 15) is 9.59 Å². The highest BCUT2D eigenvalue weighted by Crippen LogP contribution is 2.27. The SMILES string of the molecule is COc1ccc(Cl)cc1NC(=O)CN(C)[C@H](C)C(=O)N[C@@H]1CCCC[C@H]1C. The van der Waals surface area contributed by atoms with E-state index in [0.29, 0.717) is 22.4 Å². The van der Waals surface area contributed by atoms with Crippen molar-refractivity contribution in [2.75, 3.05) is 26.0 Å². The molecular weight excluding hydrogens is 366 g/mol. The van der Waals surface area contributed by atoms with Crippen LogP contribution in [0.25, 0.3) is 0 Å². The van der Waals surface area contributed by atoms with Crippen LogP contribution < -0.4 is 15.4 Å². The second-order valence-electron chi connectivity index (χ2n) is 7.36. The van der Waals surface area contributed by atoms with Crippen molar-refractivity contribution in [1.29, 1.82) is 0 Å². The van der Waals surface area contributed by atoms with Gasteiger partial charge in [-0.15, -0.1) is 0 Å². The van der Waals surface area contributed by atoms with E-state index in [-0.39, 0.29) is 24.4 Å². The highest BCUT2D eigenvalue weighted by Gasteiger charge is 2.27. The first kappa shape index (κ1) is 21.5. The summed E-state index contributed by atoms with van der Waals surface area (Å²) in [7, 11) is 3.30. The topological polar surface area (TPSA) is 70.7 Å². The zero-order chi connectivity index (χ0) is 20.0. The molecule has 0 aromatic heterocycles. The summed E-state index contributed by atoms with van der Waals surface area (Å²) in [6.07, 6.45) is 4.57. The smallest absolute Gasteiger partial charge is 0.238 e. The fraction of sp³-hybridized carbons (Fsp3) is 0.600. The van der Waals surface area contributed by atoms with Gasteiger partial charge in [0.25, 0.3) is 0 Å². The van der Waals surface area contributed by atoms with Crippen molar-refractivity contribution < 1.29 is 14.3 Å². The second-order valence-corrected chi connectivity index (χ2v) is 7.80. The molecule has 150 valence electrons. The quantitative estimate of drug-likeness (QED) is 0.743. The Morgan fingerprint density at radius 2 is 2.04 bits per heavy atom. The van der Waals surface area contributed by atoms with E-state index in [2.05, 4.69) is 17.6 Å². The van der Waals surface area contributed by atoms with Gasteiger partial charge in [0, 0.05) is 11.1 Å². The molecule has 1 aromatic carbocycles. The molecule has 0 unspecified atom stereocenters. The minimum Gasteiger partial charge on any atom is -0.495 e. The summed E-state index contributed by atoms with van der Waals surface area (Å²) in [4.78, 5) is 26.7. The van der Waals surface area contributed by atoms with Crippen LogP contribution in [0.4, 0.5) is 5.69 Å². The highest BCUT2D eigenvalue weighted by atomic mass is 35.5. The molecule has 1 saturated carbocycles. The number of carbonyl (C=O) groups excluding carboxylic acids is 2. The Morgan fingerprint density at radius 3 is 2.70 bits per heavy atom. The fourth-order valence-corrected chi connectivity index (χ4v) is 3.54. The Kier molecular flexibility index (Phi) is 7.92. The Labute approximate surface area is 166 Å². The van der Waals surface area contributed by atoms with Gasteiger partial charge in [-0.2, -0.15) is 0 Å². The number of ether oxygens (including phenoxy) is 1. The van der Waals surface area contributed by atoms with Crippen molar-refractivity contribution in [2.24, 2.45) is 5.92 Å². The van der Waals surface area contributed by atoms with Crippen molar-refractivity contribution in [3.05, 3.63) is 23.2 Å². The third-order valence-corrected chi connectivity index (χ3v) is 5.54. The number of benzene rings is 1. The van der Waals surface area contributed by atoms with Crippen LogP contribution in [0.15, 0.2) is 18.2 Å². The average molecular weight is 396 g/mol. The Morgan fingerprint density at radius 1 is 1.33 bits per heavy atom. The van der Waals surface area contributed by atoms with Crippen molar-refractivity contribution in [3.63, 3.8) is 0 Å². The molecular formula is C20H30ClN3O3. The molecule has 1 aromatic rings. The predicted octanol–water partition coefficient (Wildman–Crippen LogP) is 3.30. The van der Waals surface area contributed by atoms with Crippen LogP contribution in [0, 0.1) is 5.92 Å². The van der Waals surface area contributed by atoms with Gasteiger partial charge < -0.3 is 15.4 Å². The van der Waals surface area contributed by atoms with Crippen LogP contribution in [-0.2, 0) is 9.59 Å². The van der Waals surface area contributed by atoms with Crippen LogP contribution in [0.3, 0.4) is 0 Å². The summed E-state index contributed by atoms with van der Waals surface area (Å²) >= 11 is 5.99. The molecule has 7 heteroatoms. The molecule has 0 spiro atoms. The molecule has 1 fully saturated rings. The van der Waals surface area contributed by atoms with E-state index < -0.39 is 6.04 Å². The van der Waals surface area contributed by atoms with Crippen molar-refractivity contribution in [2.45, 2.75) is 51.6 Å². The largest absolute Gasteiger partial charge is 0.495 e. The molecule has 2 N–H and O–H groups in total. The fourth-order valence-electron chi connectivity index (χ4n) is 3.37. The Balaban J connectivity index is 1.89. The number of methoxy groups -OCH3 is 1. The number of anilines is 1. The number of amides is 2. The van der Waals surface area contributed by atoms with E-state index in [1.54, 1.807) is 30.1 Å². The second kappa shape index (κ2) is 9.95. The average Bonchev–Trinajstić information content (AvgIpc) is 2.63. The summed E-state index contributed by atoms with van der Waals surface area (Å²) in [6, 6.07) is 4.86. The third kappa shape index (κ3) is 6.11. The summed E-state index contributed by atoms with van der Waals surface area (Å²) < 4.78 is 5.24. The number of nitrogens with one attached hydrogen (secondary N) is 2. The Bertz CT molecular complexity index is 668. The zero-order valence-corrected chi connectivity index (χ0v) is 17.3. The van der Waals surface area contributed by atoms with Gasteiger partial charge in [-0.1, -0.05) is 31.4 Å². The first-order valence-electron chi connectivity index (χ1n) is 9.45. The van der Waals surface area contributed by atoms with Gasteiger partial charge in [0.15, 0.2) is 0 Å². The zero-order valence-electron chi connectivity index (χ0n) is 16.5. The van der Waals surface area contributed by atoms with Crippen LogP contribution in [0.2, 0.25) is 5.02 Å². The minimum absolute atomic E-state index is 0.0376. The molecule has 2 amide bonds. The molecule has 1 aliphatic rings. The predicted molar refractivity (Wildman–Crippen MR) is 108 cm³/mol. The van der Waals surface area contributed by atoms with Gasteiger partial charge in [0.1, 0.15) is 5.75 Å². The number of hydrogen-bond donors (Lipinski definition) is 2. The maximum atomic E-state index is 12.6. The lowest BCUT2D eigenvalue weighted by Gasteiger charge is -2.32. The van der Waals surface area contributed by atoms with E-state index in [0.717, 1.165) is 19.3 Å². The third-order valence-electron chi connectivity index (χ3n) is 5.31. The van der Waals surface area contributed by atoms with Crippen molar-refractivity contribution in [1.82, 2.24) is 10.2 Å². The molecule has 0 radical (unpaired) electrons. The first-order chi connectivity index (χ1) is 12.8. The normalized spacial score (nSPS) is 20.8. The molecule has 2 rings (SSSR count). The molecule has 0 saturated heterocycles. The number of nitrogens with zero attached hydrogens (tertiary/aromatic N) is 1. The maximum Gasteiger partial charge on any atom is 0.238 e. The standard InChI is InChI=1S/C20H30ClN3O3/c1-13-7-5-6-8-16(13)23-20(26)14(2)24(3)12-19(25)22-17-11-15(21)9-10-18(17)27-4/h9-11,13-14,16H,5-8,12H2,1-4H3,(H,22,25)(H,23,26)/t13-,14-,16-/m1/s1. The monoisotopic (exact) mass is 395 g/mol. The number of rotatable bonds is 7. The van der Waals surface area contributed by atoms with E-state index in [1.807, 2.05) is 6.92 Å². The minimum atomic E-state index is -0.397. The maximum absolute atomic E-state index is 12.6. The molecule has 3 atom stereocenters. The molecule has 0 heterocycles. The van der Waals surface area contributed by atoms with Gasteiger partial charge in [-0.3, -0.25) is 14.5 Å². The molecule has 0 aliphatic heterocycles. The van der Waals surface area contributed by atoms with E-state index in [1.165, 1.54) is 13.5 Å². The van der Waals surface area contributed by atoms with Crippen molar-refractivity contribution in [3.8, 4) is 5.75 Å². The van der Waals surface area contributed by atoms with E-state index in [4.69, 9.17) is 16.3 Å². The van der Waals surface area contributed by atoms with Crippen LogP contribution >= 0.6 is 11.6 Å². The summed E-state index contributed by atoms with van der Waals surface area (Å²) in [5.74, 6) is 0.763. The van der Waals surface area contributed by atoms with Gasteiger partial charge in [-0.25, -0.2) is 0 Å².